The van der Waals surface area contributed by atoms with Crippen molar-refractivity contribution in [2.45, 2.75) is 84.5 Å². The summed E-state index contributed by atoms with van der Waals surface area (Å²) in [4.78, 5) is 0. The van der Waals surface area contributed by atoms with Crippen LogP contribution in [0, 0.1) is 47.1 Å². The number of ether oxygens (including phenoxy) is 1. The van der Waals surface area contributed by atoms with E-state index in [1.807, 2.05) is 6.92 Å². The lowest BCUT2D eigenvalue weighted by molar-refractivity contribution is 0.156. The van der Waals surface area contributed by atoms with Gasteiger partial charge in [-0.2, -0.15) is 4.39 Å². The molecule has 0 spiro atoms. The fraction of sp³-hybridized carbons (Fsp3) is 0.692. The van der Waals surface area contributed by atoms with Crippen molar-refractivity contribution in [3.8, 4) is 17.6 Å². The standard InChI is InChI=1S/C26H36F2O/c1-3-5-18-29-24-17-16-23(25(27)26(24)28)15-10-20-8-13-22(14-9-20)21-11-6-19(4-2)7-12-21/h16-17,19-22H,3-9,11-14,18H2,1-2H3/t19-,20-,21-,22-. The monoisotopic (exact) mass is 402 g/mol. The average Bonchev–Trinajstić information content (AvgIpc) is 2.77. The molecule has 0 heterocycles. The zero-order valence-electron chi connectivity index (χ0n) is 18.1. The number of rotatable bonds is 6. The van der Waals surface area contributed by atoms with Gasteiger partial charge in [0.25, 0.3) is 0 Å². The van der Waals surface area contributed by atoms with Crippen molar-refractivity contribution < 1.29 is 13.5 Å². The van der Waals surface area contributed by atoms with E-state index in [0.29, 0.717) is 12.5 Å². The molecule has 0 N–H and O–H groups in total. The molecule has 3 rings (SSSR count). The van der Waals surface area contributed by atoms with Crippen LogP contribution in [0.3, 0.4) is 0 Å². The molecule has 2 saturated carbocycles. The van der Waals surface area contributed by atoms with Gasteiger partial charge >= 0.3 is 0 Å². The Morgan fingerprint density at radius 1 is 0.897 bits per heavy atom. The molecule has 1 nitrogen and oxygen atoms in total. The van der Waals surface area contributed by atoms with E-state index >= 15 is 0 Å². The Labute approximate surface area is 175 Å². The SMILES string of the molecule is CCCCOc1ccc(C#C[C@H]2CC[C@H]([C@H]3CC[C@H](CC)CC3)CC2)c(F)c1F. The van der Waals surface area contributed by atoms with Crippen molar-refractivity contribution in [2.24, 2.45) is 23.7 Å². The number of hydrogen-bond acceptors (Lipinski definition) is 1. The first-order valence-corrected chi connectivity index (χ1v) is 11.7. The van der Waals surface area contributed by atoms with Crippen LogP contribution in [0.25, 0.3) is 0 Å². The van der Waals surface area contributed by atoms with Gasteiger partial charge in [0.15, 0.2) is 11.6 Å². The third-order valence-corrected chi connectivity index (χ3v) is 7.12. The number of benzene rings is 1. The lowest BCUT2D eigenvalue weighted by Crippen LogP contribution is -2.25. The van der Waals surface area contributed by atoms with Crippen molar-refractivity contribution in [1.82, 2.24) is 0 Å². The predicted molar refractivity (Wildman–Crippen MR) is 115 cm³/mol. The minimum Gasteiger partial charge on any atom is -0.490 e. The molecule has 0 unspecified atom stereocenters. The summed E-state index contributed by atoms with van der Waals surface area (Å²) in [5.74, 6) is 7.32. The van der Waals surface area contributed by atoms with Crippen LogP contribution in [0.5, 0.6) is 5.75 Å². The summed E-state index contributed by atoms with van der Waals surface area (Å²) in [6.07, 6.45) is 13.4. The van der Waals surface area contributed by atoms with Gasteiger partial charge < -0.3 is 4.74 Å². The van der Waals surface area contributed by atoms with Gasteiger partial charge in [0.05, 0.1) is 12.2 Å². The van der Waals surface area contributed by atoms with Crippen LogP contribution >= 0.6 is 0 Å². The smallest absolute Gasteiger partial charge is 0.201 e. The van der Waals surface area contributed by atoms with E-state index in [-0.39, 0.29) is 11.3 Å². The summed E-state index contributed by atoms with van der Waals surface area (Å²) in [6.45, 7) is 4.75. The maximum absolute atomic E-state index is 14.3. The van der Waals surface area contributed by atoms with Gasteiger partial charge in [0.2, 0.25) is 5.82 Å². The van der Waals surface area contributed by atoms with E-state index in [0.717, 1.165) is 43.4 Å². The van der Waals surface area contributed by atoms with Crippen LogP contribution in [0.4, 0.5) is 8.78 Å². The fourth-order valence-corrected chi connectivity index (χ4v) is 5.05. The molecule has 0 atom stereocenters. The zero-order valence-corrected chi connectivity index (χ0v) is 18.1. The third kappa shape index (κ3) is 5.97. The topological polar surface area (TPSA) is 9.23 Å². The molecule has 0 bridgehead atoms. The van der Waals surface area contributed by atoms with Gasteiger partial charge in [0, 0.05) is 5.92 Å². The molecule has 0 aromatic heterocycles. The molecule has 0 aliphatic heterocycles. The Kier molecular flexibility index (Phi) is 8.40. The largest absolute Gasteiger partial charge is 0.490 e. The highest BCUT2D eigenvalue weighted by atomic mass is 19.2. The van der Waals surface area contributed by atoms with Gasteiger partial charge in [-0.25, -0.2) is 4.39 Å². The van der Waals surface area contributed by atoms with Crippen molar-refractivity contribution in [3.05, 3.63) is 29.3 Å². The zero-order chi connectivity index (χ0) is 20.6. The number of unbranched alkanes of at least 4 members (excludes halogenated alkanes) is 1. The molecule has 2 fully saturated rings. The molecular weight excluding hydrogens is 366 g/mol. The van der Waals surface area contributed by atoms with Gasteiger partial charge in [-0.05, 0) is 74.8 Å². The summed E-state index contributed by atoms with van der Waals surface area (Å²) in [7, 11) is 0. The molecule has 0 radical (unpaired) electrons. The summed E-state index contributed by atoms with van der Waals surface area (Å²) >= 11 is 0. The highest BCUT2D eigenvalue weighted by Crippen LogP contribution is 2.41. The van der Waals surface area contributed by atoms with Crippen LogP contribution < -0.4 is 4.74 Å². The summed E-state index contributed by atoms with van der Waals surface area (Å²) in [6, 6.07) is 3.05. The van der Waals surface area contributed by atoms with Crippen LogP contribution in [-0.2, 0) is 0 Å². The van der Waals surface area contributed by atoms with Gasteiger partial charge in [0.1, 0.15) is 0 Å². The van der Waals surface area contributed by atoms with E-state index in [1.54, 1.807) is 6.07 Å². The lowest BCUT2D eigenvalue weighted by atomic mass is 9.69. The van der Waals surface area contributed by atoms with E-state index in [4.69, 9.17) is 4.74 Å². The Morgan fingerprint density at radius 3 is 2.17 bits per heavy atom. The first-order chi connectivity index (χ1) is 14.1. The van der Waals surface area contributed by atoms with E-state index in [1.165, 1.54) is 51.0 Å². The Balaban J connectivity index is 1.52. The first-order valence-electron chi connectivity index (χ1n) is 11.7. The Morgan fingerprint density at radius 2 is 1.55 bits per heavy atom. The Hall–Kier alpha value is -1.56. The lowest BCUT2D eigenvalue weighted by Gasteiger charge is -2.36. The second-order valence-electron chi connectivity index (χ2n) is 9.01. The molecule has 3 heteroatoms. The second kappa shape index (κ2) is 11.0. The van der Waals surface area contributed by atoms with Crippen LogP contribution in [0.15, 0.2) is 12.1 Å². The van der Waals surface area contributed by atoms with Gasteiger partial charge in [-0.3, -0.25) is 0 Å². The fourth-order valence-electron chi connectivity index (χ4n) is 5.05. The average molecular weight is 403 g/mol. The normalized spacial score (nSPS) is 27.2. The van der Waals surface area contributed by atoms with E-state index in [9.17, 15) is 8.78 Å². The van der Waals surface area contributed by atoms with Crippen molar-refractivity contribution in [1.29, 1.82) is 0 Å². The predicted octanol–water partition coefficient (Wildman–Crippen LogP) is 7.52. The minimum absolute atomic E-state index is 0.0141. The molecule has 0 amide bonds. The Bertz CT molecular complexity index is 701. The quantitative estimate of drug-likeness (QED) is 0.353. The molecule has 0 saturated heterocycles. The first kappa shape index (κ1) is 22.1. The minimum atomic E-state index is -0.917. The third-order valence-electron chi connectivity index (χ3n) is 7.12. The summed E-state index contributed by atoms with van der Waals surface area (Å²) in [5, 5.41) is 0. The number of hydrogen-bond donors (Lipinski definition) is 0. The summed E-state index contributed by atoms with van der Waals surface area (Å²) < 4.78 is 33.9. The molecular formula is C26H36F2O. The van der Waals surface area contributed by atoms with Gasteiger partial charge in [-0.15, -0.1) is 0 Å². The van der Waals surface area contributed by atoms with E-state index < -0.39 is 11.6 Å². The molecule has 29 heavy (non-hydrogen) atoms. The molecule has 2 aliphatic rings. The maximum atomic E-state index is 14.3. The van der Waals surface area contributed by atoms with Crippen LogP contribution in [0.1, 0.15) is 90.0 Å². The second-order valence-corrected chi connectivity index (χ2v) is 9.01. The van der Waals surface area contributed by atoms with E-state index in [2.05, 4.69) is 18.8 Å². The summed E-state index contributed by atoms with van der Waals surface area (Å²) in [5.41, 5.74) is 0.144. The van der Waals surface area contributed by atoms with Crippen molar-refractivity contribution in [2.75, 3.05) is 6.61 Å². The number of halogens is 2. The van der Waals surface area contributed by atoms with Gasteiger partial charge in [-0.1, -0.05) is 51.4 Å². The molecule has 1 aromatic carbocycles. The van der Waals surface area contributed by atoms with Crippen LogP contribution in [0.2, 0.25) is 0 Å². The molecule has 1 aromatic rings. The maximum Gasteiger partial charge on any atom is 0.201 e. The highest BCUT2D eigenvalue weighted by Gasteiger charge is 2.30. The molecule has 2 aliphatic carbocycles. The van der Waals surface area contributed by atoms with Crippen molar-refractivity contribution in [3.63, 3.8) is 0 Å². The van der Waals surface area contributed by atoms with Crippen molar-refractivity contribution >= 4 is 0 Å². The van der Waals surface area contributed by atoms with Crippen LogP contribution in [-0.4, -0.2) is 6.61 Å². The molecule has 160 valence electrons. The highest BCUT2D eigenvalue weighted by molar-refractivity contribution is 5.41.